The Labute approximate surface area is 134 Å². The molecule has 0 saturated heterocycles. The largest absolute Gasteiger partial charge is 0.477 e. The predicted molar refractivity (Wildman–Crippen MR) is 88.8 cm³/mol. The van der Waals surface area contributed by atoms with Crippen molar-refractivity contribution < 1.29 is 9.90 Å². The lowest BCUT2D eigenvalue weighted by molar-refractivity contribution is 0.0690. The van der Waals surface area contributed by atoms with Crippen LogP contribution in [-0.4, -0.2) is 25.7 Å². The zero-order valence-electron chi connectivity index (χ0n) is 13.7. The molecular formula is C18H19N3O2. The second-order valence-electron chi connectivity index (χ2n) is 6.75. The number of hydrogen-bond donors (Lipinski definition) is 1. The second-order valence-corrected chi connectivity index (χ2v) is 6.75. The molecule has 0 unspecified atom stereocenters. The average molecular weight is 309 g/mol. The van der Waals surface area contributed by atoms with Crippen molar-refractivity contribution in [2.75, 3.05) is 0 Å². The summed E-state index contributed by atoms with van der Waals surface area (Å²) >= 11 is 0. The number of rotatable bonds is 2. The third kappa shape index (κ3) is 2.82. The molecule has 2 heterocycles. The Hall–Kier alpha value is -2.69. The summed E-state index contributed by atoms with van der Waals surface area (Å²) in [4.78, 5) is 15.6. The monoisotopic (exact) mass is 309 g/mol. The van der Waals surface area contributed by atoms with Gasteiger partial charge < -0.3 is 5.11 Å². The van der Waals surface area contributed by atoms with E-state index in [1.165, 1.54) is 0 Å². The van der Waals surface area contributed by atoms with E-state index in [-0.39, 0.29) is 11.1 Å². The molecule has 0 aliphatic rings. The molecule has 5 heteroatoms. The van der Waals surface area contributed by atoms with Gasteiger partial charge in [0.25, 0.3) is 0 Å². The number of aromatic nitrogens is 3. The fourth-order valence-corrected chi connectivity index (χ4v) is 2.38. The molecule has 1 aromatic carbocycles. The normalized spacial score (nSPS) is 11.8. The van der Waals surface area contributed by atoms with Crippen molar-refractivity contribution in [1.82, 2.24) is 14.6 Å². The highest BCUT2D eigenvalue weighted by Crippen LogP contribution is 2.26. The molecule has 0 aliphatic heterocycles. The zero-order chi connectivity index (χ0) is 16.8. The Morgan fingerprint density at radius 2 is 1.78 bits per heavy atom. The number of fused-ring (bicyclic) bond motifs is 1. The van der Waals surface area contributed by atoms with Crippen LogP contribution in [0.4, 0.5) is 0 Å². The van der Waals surface area contributed by atoms with E-state index in [1.54, 1.807) is 10.6 Å². The van der Waals surface area contributed by atoms with Crippen LogP contribution in [0.2, 0.25) is 0 Å². The highest BCUT2D eigenvalue weighted by molar-refractivity contribution is 5.87. The average Bonchev–Trinajstić information content (AvgIpc) is 2.91. The smallest absolute Gasteiger partial charge is 0.354 e. The summed E-state index contributed by atoms with van der Waals surface area (Å²) in [5.41, 5.74) is 4.09. The molecule has 23 heavy (non-hydrogen) atoms. The van der Waals surface area contributed by atoms with Crippen molar-refractivity contribution >= 4 is 11.6 Å². The number of carboxylic acids is 1. The number of benzene rings is 1. The molecule has 1 N–H and O–H groups in total. The van der Waals surface area contributed by atoms with E-state index in [2.05, 4.69) is 30.9 Å². The van der Waals surface area contributed by atoms with E-state index >= 15 is 0 Å². The maximum absolute atomic E-state index is 11.4. The standard InChI is InChI=1S/C18H19N3O2/c1-11-5-7-12(8-6-11)14-9-13(17(22)23)19-16-10-15(18(2,3)4)20-21(14)16/h5-10H,1-4H3,(H,22,23). The van der Waals surface area contributed by atoms with E-state index in [0.29, 0.717) is 5.65 Å². The van der Waals surface area contributed by atoms with Crippen molar-refractivity contribution in [3.8, 4) is 11.3 Å². The van der Waals surface area contributed by atoms with Crippen LogP contribution in [0.1, 0.15) is 42.5 Å². The molecule has 118 valence electrons. The van der Waals surface area contributed by atoms with Gasteiger partial charge in [-0.05, 0) is 13.0 Å². The summed E-state index contributed by atoms with van der Waals surface area (Å²) in [5.74, 6) is -1.04. The summed E-state index contributed by atoms with van der Waals surface area (Å²) in [6, 6.07) is 11.3. The Bertz CT molecular complexity index is 887. The van der Waals surface area contributed by atoms with Gasteiger partial charge in [0.2, 0.25) is 0 Å². The Balaban J connectivity index is 2.31. The summed E-state index contributed by atoms with van der Waals surface area (Å²) in [5, 5.41) is 14.0. The van der Waals surface area contributed by atoms with Gasteiger partial charge in [-0.3, -0.25) is 0 Å². The fourth-order valence-electron chi connectivity index (χ4n) is 2.38. The first-order valence-corrected chi connectivity index (χ1v) is 7.47. The first kappa shape index (κ1) is 15.2. The lowest BCUT2D eigenvalue weighted by atomic mass is 9.93. The molecule has 2 aromatic heterocycles. The van der Waals surface area contributed by atoms with Crippen LogP contribution in [0.25, 0.3) is 16.9 Å². The molecule has 3 aromatic rings. The Kier molecular flexibility index (Phi) is 3.43. The second kappa shape index (κ2) is 5.19. The first-order chi connectivity index (χ1) is 10.8. The quantitative estimate of drug-likeness (QED) is 0.783. The molecule has 0 radical (unpaired) electrons. The predicted octanol–water partition coefficient (Wildman–Crippen LogP) is 3.70. The van der Waals surface area contributed by atoms with Crippen LogP contribution in [-0.2, 0) is 5.41 Å². The van der Waals surface area contributed by atoms with E-state index in [1.807, 2.05) is 37.3 Å². The number of aromatic carboxylic acids is 1. The van der Waals surface area contributed by atoms with Gasteiger partial charge in [-0.15, -0.1) is 0 Å². The summed E-state index contributed by atoms with van der Waals surface area (Å²) in [7, 11) is 0. The fraction of sp³-hybridized carbons (Fsp3) is 0.278. The van der Waals surface area contributed by atoms with Crippen molar-refractivity contribution in [3.05, 3.63) is 53.3 Å². The van der Waals surface area contributed by atoms with Crippen molar-refractivity contribution in [3.63, 3.8) is 0 Å². The minimum absolute atomic E-state index is 0.0217. The summed E-state index contributed by atoms with van der Waals surface area (Å²) < 4.78 is 1.72. The topological polar surface area (TPSA) is 67.5 Å². The first-order valence-electron chi connectivity index (χ1n) is 7.47. The van der Waals surface area contributed by atoms with Gasteiger partial charge in [0.1, 0.15) is 0 Å². The Morgan fingerprint density at radius 1 is 1.13 bits per heavy atom. The van der Waals surface area contributed by atoms with Gasteiger partial charge in [-0.1, -0.05) is 50.6 Å². The SMILES string of the molecule is Cc1ccc(-c2cc(C(=O)O)nc3cc(C(C)(C)C)nn23)cc1. The molecule has 3 rings (SSSR count). The van der Waals surface area contributed by atoms with Gasteiger partial charge in [0, 0.05) is 17.0 Å². The third-order valence-corrected chi connectivity index (χ3v) is 3.76. The third-order valence-electron chi connectivity index (χ3n) is 3.76. The van der Waals surface area contributed by atoms with Gasteiger partial charge >= 0.3 is 5.97 Å². The van der Waals surface area contributed by atoms with Gasteiger partial charge in [0.05, 0.1) is 11.4 Å². The van der Waals surface area contributed by atoms with Crippen LogP contribution in [0.5, 0.6) is 0 Å². The maximum atomic E-state index is 11.4. The number of carboxylic acid groups (broad SMARTS) is 1. The zero-order valence-corrected chi connectivity index (χ0v) is 13.7. The van der Waals surface area contributed by atoms with Crippen LogP contribution in [0, 0.1) is 6.92 Å². The van der Waals surface area contributed by atoms with Crippen molar-refractivity contribution in [2.45, 2.75) is 33.1 Å². The number of nitrogens with zero attached hydrogens (tertiary/aromatic N) is 3. The number of aryl methyl sites for hydroxylation is 1. The minimum atomic E-state index is -1.04. The van der Waals surface area contributed by atoms with E-state index in [4.69, 9.17) is 0 Å². The maximum Gasteiger partial charge on any atom is 0.354 e. The molecule has 5 nitrogen and oxygen atoms in total. The van der Waals surface area contributed by atoms with Crippen LogP contribution < -0.4 is 0 Å². The molecule has 0 aliphatic carbocycles. The lowest BCUT2D eigenvalue weighted by Crippen LogP contribution is -2.12. The van der Waals surface area contributed by atoms with E-state index in [0.717, 1.165) is 22.5 Å². The summed E-state index contributed by atoms with van der Waals surface area (Å²) in [6.45, 7) is 8.22. The molecule has 0 bridgehead atoms. The van der Waals surface area contributed by atoms with Gasteiger partial charge in [0.15, 0.2) is 11.3 Å². The van der Waals surface area contributed by atoms with Crippen molar-refractivity contribution in [2.24, 2.45) is 0 Å². The molecule has 0 atom stereocenters. The van der Waals surface area contributed by atoms with Crippen LogP contribution in [0.15, 0.2) is 36.4 Å². The summed E-state index contributed by atoms with van der Waals surface area (Å²) in [6.07, 6.45) is 0. The molecule has 0 spiro atoms. The van der Waals surface area contributed by atoms with Crippen LogP contribution in [0.3, 0.4) is 0 Å². The van der Waals surface area contributed by atoms with Gasteiger partial charge in [-0.25, -0.2) is 14.3 Å². The van der Waals surface area contributed by atoms with Crippen molar-refractivity contribution in [1.29, 1.82) is 0 Å². The van der Waals surface area contributed by atoms with E-state index < -0.39 is 5.97 Å². The highest BCUT2D eigenvalue weighted by atomic mass is 16.4. The minimum Gasteiger partial charge on any atom is -0.477 e. The van der Waals surface area contributed by atoms with E-state index in [9.17, 15) is 9.90 Å². The number of hydrogen-bond acceptors (Lipinski definition) is 3. The molecule has 0 amide bonds. The highest BCUT2D eigenvalue weighted by Gasteiger charge is 2.21. The lowest BCUT2D eigenvalue weighted by Gasteiger charge is -2.13. The van der Waals surface area contributed by atoms with Gasteiger partial charge in [-0.2, -0.15) is 5.10 Å². The molecular weight excluding hydrogens is 290 g/mol. The number of carbonyl (C=O) groups is 1. The van der Waals surface area contributed by atoms with Crippen LogP contribution >= 0.6 is 0 Å². The molecule has 0 saturated carbocycles. The molecule has 0 fully saturated rings. The Morgan fingerprint density at radius 3 is 2.35 bits per heavy atom.